The number of thiophene rings is 1. The largest absolute Gasteiger partial charge is 0.308 e. The van der Waals surface area contributed by atoms with E-state index in [0.717, 1.165) is 17.8 Å². The number of hydrogen-bond donors (Lipinski definition) is 1. The molecule has 1 aliphatic rings. The van der Waals surface area contributed by atoms with Gasteiger partial charge in [0.15, 0.2) is 0 Å². The summed E-state index contributed by atoms with van der Waals surface area (Å²) in [5.41, 5.74) is 0. The summed E-state index contributed by atoms with van der Waals surface area (Å²) in [6.07, 6.45) is 6.38. The molecule has 78 valence electrons. The van der Waals surface area contributed by atoms with Crippen LogP contribution in [-0.4, -0.2) is 17.5 Å². The van der Waals surface area contributed by atoms with Crippen LogP contribution in [0.1, 0.15) is 24.1 Å². The Kier molecular flexibility index (Phi) is 3.90. The van der Waals surface area contributed by atoms with Gasteiger partial charge >= 0.3 is 0 Å². The van der Waals surface area contributed by atoms with Crippen LogP contribution in [0.4, 0.5) is 0 Å². The van der Waals surface area contributed by atoms with Crippen molar-refractivity contribution >= 4 is 23.1 Å². The molecule has 1 aromatic rings. The molecule has 1 N–H and O–H groups in total. The molecule has 0 spiro atoms. The Bertz CT molecular complexity index is 258. The summed E-state index contributed by atoms with van der Waals surface area (Å²) >= 11 is 3.86. The molecule has 14 heavy (non-hydrogen) atoms. The van der Waals surface area contributed by atoms with Crippen molar-refractivity contribution in [2.45, 2.75) is 37.1 Å². The Labute approximate surface area is 94.3 Å². The highest BCUT2D eigenvalue weighted by atomic mass is 32.2. The summed E-state index contributed by atoms with van der Waals surface area (Å²) in [6, 6.07) is 5.08. The third kappa shape index (κ3) is 2.53. The summed E-state index contributed by atoms with van der Waals surface area (Å²) < 4.78 is 0. The summed E-state index contributed by atoms with van der Waals surface area (Å²) in [4.78, 5) is 1.46. The average Bonchev–Trinajstić information content (AvgIpc) is 2.85. The van der Waals surface area contributed by atoms with Gasteiger partial charge < -0.3 is 5.32 Å². The molecule has 0 saturated heterocycles. The van der Waals surface area contributed by atoms with Crippen LogP contribution in [0.15, 0.2) is 17.5 Å². The van der Waals surface area contributed by atoms with Gasteiger partial charge in [-0.15, -0.1) is 11.3 Å². The molecular weight excluding hydrogens is 210 g/mol. The summed E-state index contributed by atoms with van der Waals surface area (Å²) in [7, 11) is 0. The highest BCUT2D eigenvalue weighted by Gasteiger charge is 2.25. The maximum atomic E-state index is 3.67. The van der Waals surface area contributed by atoms with E-state index in [4.69, 9.17) is 0 Å². The molecule has 2 atom stereocenters. The van der Waals surface area contributed by atoms with Gasteiger partial charge in [-0.3, -0.25) is 0 Å². The minimum Gasteiger partial charge on any atom is -0.308 e. The van der Waals surface area contributed by atoms with E-state index in [9.17, 15) is 0 Å². The fraction of sp³-hybridized carbons (Fsp3) is 0.636. The van der Waals surface area contributed by atoms with Gasteiger partial charge in [-0.2, -0.15) is 11.8 Å². The molecular formula is C11H17NS2. The smallest absolute Gasteiger partial charge is 0.0302 e. The SMILES string of the molecule is CSC1CCCC1NCc1cccs1. The lowest BCUT2D eigenvalue weighted by Gasteiger charge is -2.18. The zero-order valence-corrected chi connectivity index (χ0v) is 10.2. The third-order valence-corrected chi connectivity index (χ3v) is 4.92. The second kappa shape index (κ2) is 5.19. The summed E-state index contributed by atoms with van der Waals surface area (Å²) in [5, 5.41) is 6.67. The van der Waals surface area contributed by atoms with Crippen LogP contribution in [0.5, 0.6) is 0 Å². The topological polar surface area (TPSA) is 12.0 Å². The average molecular weight is 227 g/mol. The van der Waals surface area contributed by atoms with Crippen LogP contribution in [0.2, 0.25) is 0 Å². The maximum absolute atomic E-state index is 3.67. The third-order valence-electron chi connectivity index (χ3n) is 2.87. The second-order valence-corrected chi connectivity index (χ2v) is 5.88. The first-order valence-corrected chi connectivity index (χ1v) is 7.35. The van der Waals surface area contributed by atoms with Crippen molar-refractivity contribution in [2.75, 3.05) is 6.26 Å². The highest BCUT2D eigenvalue weighted by Crippen LogP contribution is 2.28. The molecule has 1 fully saturated rings. The van der Waals surface area contributed by atoms with Gasteiger partial charge in [0.1, 0.15) is 0 Å². The van der Waals surface area contributed by atoms with E-state index in [2.05, 4.69) is 29.1 Å². The molecule has 0 bridgehead atoms. The van der Waals surface area contributed by atoms with Crippen molar-refractivity contribution < 1.29 is 0 Å². The van der Waals surface area contributed by atoms with E-state index in [1.165, 1.54) is 24.1 Å². The van der Waals surface area contributed by atoms with E-state index >= 15 is 0 Å². The van der Waals surface area contributed by atoms with Crippen LogP contribution in [0.25, 0.3) is 0 Å². The monoisotopic (exact) mass is 227 g/mol. The second-order valence-electron chi connectivity index (χ2n) is 3.77. The molecule has 0 radical (unpaired) electrons. The number of rotatable bonds is 4. The lowest BCUT2D eigenvalue weighted by molar-refractivity contribution is 0.535. The predicted molar refractivity (Wildman–Crippen MR) is 66.1 cm³/mol. The molecule has 0 aromatic carbocycles. The lowest BCUT2D eigenvalue weighted by Crippen LogP contribution is -2.33. The molecule has 1 nitrogen and oxygen atoms in total. The van der Waals surface area contributed by atoms with Crippen molar-refractivity contribution in [2.24, 2.45) is 0 Å². The van der Waals surface area contributed by atoms with Crippen molar-refractivity contribution in [3.8, 4) is 0 Å². The van der Waals surface area contributed by atoms with Crippen molar-refractivity contribution in [1.82, 2.24) is 5.32 Å². The minimum atomic E-state index is 0.743. The van der Waals surface area contributed by atoms with Crippen molar-refractivity contribution in [3.05, 3.63) is 22.4 Å². The van der Waals surface area contributed by atoms with Crippen LogP contribution in [-0.2, 0) is 6.54 Å². The Balaban J connectivity index is 1.80. The molecule has 0 amide bonds. The molecule has 1 aliphatic carbocycles. The number of nitrogens with one attached hydrogen (secondary N) is 1. The Morgan fingerprint density at radius 2 is 2.50 bits per heavy atom. The first kappa shape index (κ1) is 10.5. The standard InChI is InChI=1S/C11H17NS2/c1-13-11-6-2-5-10(11)12-8-9-4-3-7-14-9/h3-4,7,10-12H,2,5-6,8H2,1H3. The minimum absolute atomic E-state index is 0.743. The van der Waals surface area contributed by atoms with E-state index in [0.29, 0.717) is 0 Å². The van der Waals surface area contributed by atoms with Crippen molar-refractivity contribution in [3.63, 3.8) is 0 Å². The summed E-state index contributed by atoms with van der Waals surface area (Å²) in [5.74, 6) is 0. The first-order chi connectivity index (χ1) is 6.90. The van der Waals surface area contributed by atoms with Gasteiger partial charge in [0.25, 0.3) is 0 Å². The molecule has 2 unspecified atom stereocenters. The predicted octanol–water partition coefficient (Wildman–Crippen LogP) is 3.12. The maximum Gasteiger partial charge on any atom is 0.0302 e. The number of thioether (sulfide) groups is 1. The Morgan fingerprint density at radius 1 is 1.57 bits per heavy atom. The van der Waals surface area contributed by atoms with Crippen LogP contribution >= 0.6 is 23.1 Å². The Hall–Kier alpha value is 0.01000. The highest BCUT2D eigenvalue weighted by molar-refractivity contribution is 7.99. The van der Waals surface area contributed by atoms with Gasteiger partial charge in [0.05, 0.1) is 0 Å². The van der Waals surface area contributed by atoms with E-state index in [-0.39, 0.29) is 0 Å². The lowest BCUT2D eigenvalue weighted by atomic mass is 10.2. The van der Waals surface area contributed by atoms with Gasteiger partial charge in [-0.1, -0.05) is 12.5 Å². The quantitative estimate of drug-likeness (QED) is 0.848. The van der Waals surface area contributed by atoms with Crippen LogP contribution in [0.3, 0.4) is 0 Å². The molecule has 2 rings (SSSR count). The fourth-order valence-electron chi connectivity index (χ4n) is 2.09. The van der Waals surface area contributed by atoms with Gasteiger partial charge in [-0.05, 0) is 30.5 Å². The summed E-state index contributed by atoms with van der Waals surface area (Å²) in [6.45, 7) is 1.05. The molecule has 0 aliphatic heterocycles. The van der Waals surface area contributed by atoms with E-state index in [1.807, 2.05) is 23.1 Å². The van der Waals surface area contributed by atoms with Gasteiger partial charge in [0, 0.05) is 22.7 Å². The molecule has 1 saturated carbocycles. The number of hydrogen-bond acceptors (Lipinski definition) is 3. The van der Waals surface area contributed by atoms with Crippen LogP contribution < -0.4 is 5.32 Å². The van der Waals surface area contributed by atoms with Gasteiger partial charge in [0.2, 0.25) is 0 Å². The van der Waals surface area contributed by atoms with Crippen LogP contribution in [0, 0.1) is 0 Å². The van der Waals surface area contributed by atoms with E-state index < -0.39 is 0 Å². The molecule has 3 heteroatoms. The van der Waals surface area contributed by atoms with Gasteiger partial charge in [-0.25, -0.2) is 0 Å². The first-order valence-electron chi connectivity index (χ1n) is 5.18. The molecule has 1 aromatic heterocycles. The normalized spacial score (nSPS) is 26.9. The zero-order chi connectivity index (χ0) is 9.80. The van der Waals surface area contributed by atoms with E-state index in [1.54, 1.807) is 0 Å². The zero-order valence-electron chi connectivity index (χ0n) is 8.53. The Morgan fingerprint density at radius 3 is 3.21 bits per heavy atom. The fourth-order valence-corrected chi connectivity index (χ4v) is 3.71. The molecule has 1 heterocycles. The van der Waals surface area contributed by atoms with Crippen molar-refractivity contribution in [1.29, 1.82) is 0 Å².